The monoisotopic (exact) mass is 478 g/mol. The molecule has 0 saturated carbocycles. The Morgan fingerprint density at radius 1 is 0.649 bits per heavy atom. The number of rotatable bonds is 3. The summed E-state index contributed by atoms with van der Waals surface area (Å²) in [6, 6.07) is 35.6. The summed E-state index contributed by atoms with van der Waals surface area (Å²) in [7, 11) is 0. The SMILES string of the molecule is CCc1nc2ccccc2n1-c1ccc(-c2c3oc4ccccc4c3cc3c2oc2ccccc23)cc1. The Kier molecular flexibility index (Phi) is 4.17. The van der Waals surface area contributed by atoms with Gasteiger partial charge >= 0.3 is 0 Å². The maximum Gasteiger partial charge on any atom is 0.147 e. The van der Waals surface area contributed by atoms with Crippen molar-refractivity contribution < 1.29 is 8.83 Å². The smallest absolute Gasteiger partial charge is 0.147 e. The molecule has 0 amide bonds. The second kappa shape index (κ2) is 7.58. The van der Waals surface area contributed by atoms with Crippen LogP contribution in [0.15, 0.2) is 112 Å². The van der Waals surface area contributed by atoms with Crippen LogP contribution < -0.4 is 0 Å². The van der Waals surface area contributed by atoms with Crippen LogP contribution >= 0.6 is 0 Å². The number of aryl methyl sites for hydroxylation is 1. The molecule has 176 valence electrons. The van der Waals surface area contributed by atoms with Crippen molar-refractivity contribution in [3.05, 3.63) is 109 Å². The van der Waals surface area contributed by atoms with Gasteiger partial charge in [-0.05, 0) is 48.0 Å². The first-order valence-corrected chi connectivity index (χ1v) is 12.6. The Morgan fingerprint density at radius 2 is 1.24 bits per heavy atom. The number of benzene rings is 5. The van der Waals surface area contributed by atoms with Gasteiger partial charge in [-0.25, -0.2) is 4.98 Å². The van der Waals surface area contributed by atoms with Gasteiger partial charge in [-0.15, -0.1) is 0 Å². The van der Waals surface area contributed by atoms with E-state index in [-0.39, 0.29) is 0 Å². The normalized spacial score (nSPS) is 12.0. The van der Waals surface area contributed by atoms with Crippen molar-refractivity contribution in [3.63, 3.8) is 0 Å². The van der Waals surface area contributed by atoms with Crippen molar-refractivity contribution in [1.82, 2.24) is 9.55 Å². The number of hydrogen-bond donors (Lipinski definition) is 0. The van der Waals surface area contributed by atoms with E-state index in [2.05, 4.69) is 84.3 Å². The standard InChI is InChI=1S/C33H22N2O2/c1-2-30-34-26-11-5-6-12-27(26)35(30)21-17-15-20(16-18-21)31-32-24(22-9-3-7-13-28(22)36-32)19-25-23-10-4-8-14-29(23)37-33(25)31/h3-19H,2H2,1H3. The van der Waals surface area contributed by atoms with E-state index < -0.39 is 0 Å². The lowest BCUT2D eigenvalue weighted by Crippen LogP contribution is -1.99. The zero-order chi connectivity index (χ0) is 24.5. The molecule has 8 rings (SSSR count). The third-order valence-electron chi connectivity index (χ3n) is 7.37. The van der Waals surface area contributed by atoms with Gasteiger partial charge in [0.25, 0.3) is 0 Å². The van der Waals surface area contributed by atoms with Crippen molar-refractivity contribution in [2.75, 3.05) is 0 Å². The molecule has 0 N–H and O–H groups in total. The first-order chi connectivity index (χ1) is 18.3. The summed E-state index contributed by atoms with van der Waals surface area (Å²) in [6.45, 7) is 2.15. The highest BCUT2D eigenvalue weighted by Crippen LogP contribution is 2.44. The molecule has 4 nitrogen and oxygen atoms in total. The highest BCUT2D eigenvalue weighted by atomic mass is 16.3. The molecule has 0 atom stereocenters. The maximum absolute atomic E-state index is 6.46. The van der Waals surface area contributed by atoms with Crippen LogP contribution in [0, 0.1) is 0 Å². The quantitative estimate of drug-likeness (QED) is 0.254. The van der Waals surface area contributed by atoms with Gasteiger partial charge in [-0.3, -0.25) is 4.57 Å². The number of fused-ring (bicyclic) bond motifs is 7. The average molecular weight is 479 g/mol. The Bertz CT molecular complexity index is 2040. The van der Waals surface area contributed by atoms with Crippen molar-refractivity contribution >= 4 is 54.9 Å². The highest BCUT2D eigenvalue weighted by Gasteiger charge is 2.21. The Hall–Kier alpha value is -4.83. The number of aromatic nitrogens is 2. The summed E-state index contributed by atoms with van der Waals surface area (Å²) in [6.07, 6.45) is 0.855. The molecule has 0 radical (unpaired) electrons. The molecule has 5 aromatic carbocycles. The third-order valence-corrected chi connectivity index (χ3v) is 7.37. The predicted octanol–water partition coefficient (Wildman–Crippen LogP) is 9.05. The number of para-hydroxylation sites is 4. The van der Waals surface area contributed by atoms with Crippen molar-refractivity contribution in [3.8, 4) is 16.8 Å². The van der Waals surface area contributed by atoms with Gasteiger partial charge in [-0.2, -0.15) is 0 Å². The number of imidazole rings is 1. The number of nitrogens with zero attached hydrogens (tertiary/aromatic N) is 2. The highest BCUT2D eigenvalue weighted by molar-refractivity contribution is 6.21. The van der Waals surface area contributed by atoms with Gasteiger partial charge in [0.15, 0.2) is 0 Å². The minimum atomic E-state index is 0.850. The van der Waals surface area contributed by atoms with Crippen LogP contribution in [0.25, 0.3) is 71.7 Å². The van der Waals surface area contributed by atoms with E-state index in [9.17, 15) is 0 Å². The summed E-state index contributed by atoms with van der Waals surface area (Å²) >= 11 is 0. The molecule has 0 saturated heterocycles. The molecule has 0 unspecified atom stereocenters. The zero-order valence-corrected chi connectivity index (χ0v) is 20.2. The van der Waals surface area contributed by atoms with Crippen molar-refractivity contribution in [1.29, 1.82) is 0 Å². The number of furan rings is 2. The fraction of sp³-hybridized carbons (Fsp3) is 0.0606. The second-order valence-electron chi connectivity index (χ2n) is 9.45. The molecular weight excluding hydrogens is 456 g/mol. The van der Waals surface area contributed by atoms with Crippen LogP contribution in [-0.2, 0) is 6.42 Å². The van der Waals surface area contributed by atoms with Crippen LogP contribution in [-0.4, -0.2) is 9.55 Å². The third kappa shape index (κ3) is 2.87. The Morgan fingerprint density at radius 3 is 1.89 bits per heavy atom. The fourth-order valence-electron chi connectivity index (χ4n) is 5.68. The molecule has 3 heterocycles. The first kappa shape index (κ1) is 20.4. The summed E-state index contributed by atoms with van der Waals surface area (Å²) in [5.41, 5.74) is 8.72. The van der Waals surface area contributed by atoms with Gasteiger partial charge < -0.3 is 8.83 Å². The summed E-state index contributed by atoms with van der Waals surface area (Å²) in [5, 5.41) is 4.42. The van der Waals surface area contributed by atoms with Gasteiger partial charge in [0, 0.05) is 33.7 Å². The summed E-state index contributed by atoms with van der Waals surface area (Å²) < 4.78 is 15.2. The van der Waals surface area contributed by atoms with Crippen LogP contribution in [0.3, 0.4) is 0 Å². The van der Waals surface area contributed by atoms with Crippen LogP contribution in [0.4, 0.5) is 0 Å². The fourth-order valence-corrected chi connectivity index (χ4v) is 5.68. The second-order valence-corrected chi connectivity index (χ2v) is 9.45. The van der Waals surface area contributed by atoms with E-state index in [1.165, 1.54) is 0 Å². The Balaban J connectivity index is 1.41. The molecule has 0 spiro atoms. The first-order valence-electron chi connectivity index (χ1n) is 12.6. The van der Waals surface area contributed by atoms with E-state index in [1.807, 2.05) is 30.3 Å². The molecule has 3 aromatic heterocycles. The predicted molar refractivity (Wildman–Crippen MR) is 150 cm³/mol. The van der Waals surface area contributed by atoms with Crippen LogP contribution in [0.1, 0.15) is 12.7 Å². The molecular formula is C33H22N2O2. The zero-order valence-electron chi connectivity index (χ0n) is 20.2. The average Bonchev–Trinajstić information content (AvgIpc) is 3.63. The molecule has 0 fully saturated rings. The Labute approximate surface area is 212 Å². The molecule has 0 bridgehead atoms. The van der Waals surface area contributed by atoms with Gasteiger partial charge in [-0.1, -0.05) is 67.6 Å². The maximum atomic E-state index is 6.46. The van der Waals surface area contributed by atoms with Gasteiger partial charge in [0.1, 0.15) is 28.2 Å². The van der Waals surface area contributed by atoms with Gasteiger partial charge in [0.2, 0.25) is 0 Å². The van der Waals surface area contributed by atoms with E-state index in [1.54, 1.807) is 0 Å². The summed E-state index contributed by atoms with van der Waals surface area (Å²) in [5.74, 6) is 1.05. The van der Waals surface area contributed by atoms with Gasteiger partial charge in [0.05, 0.1) is 16.6 Å². The topological polar surface area (TPSA) is 44.1 Å². The van der Waals surface area contributed by atoms with E-state index in [4.69, 9.17) is 13.8 Å². The number of hydrogen-bond acceptors (Lipinski definition) is 3. The summed E-state index contributed by atoms with van der Waals surface area (Å²) in [4.78, 5) is 4.85. The van der Waals surface area contributed by atoms with Crippen molar-refractivity contribution in [2.45, 2.75) is 13.3 Å². The lowest BCUT2D eigenvalue weighted by atomic mass is 9.98. The van der Waals surface area contributed by atoms with Crippen molar-refractivity contribution in [2.24, 2.45) is 0 Å². The van der Waals surface area contributed by atoms with Crippen LogP contribution in [0.2, 0.25) is 0 Å². The molecule has 37 heavy (non-hydrogen) atoms. The minimum absolute atomic E-state index is 0.850. The molecule has 0 aliphatic carbocycles. The molecule has 4 heteroatoms. The lowest BCUT2D eigenvalue weighted by molar-refractivity contribution is 0.658. The van der Waals surface area contributed by atoms with E-state index in [0.29, 0.717) is 0 Å². The largest absolute Gasteiger partial charge is 0.455 e. The van der Waals surface area contributed by atoms with E-state index >= 15 is 0 Å². The van der Waals surface area contributed by atoms with Crippen LogP contribution in [0.5, 0.6) is 0 Å². The van der Waals surface area contributed by atoms with E-state index in [0.717, 1.165) is 84.0 Å². The molecule has 0 aliphatic heterocycles. The lowest BCUT2D eigenvalue weighted by Gasteiger charge is -2.10. The minimum Gasteiger partial charge on any atom is -0.455 e. The molecule has 8 aromatic rings. The molecule has 0 aliphatic rings.